The maximum Gasteiger partial charge on any atom is 0.277 e. The van der Waals surface area contributed by atoms with Gasteiger partial charge >= 0.3 is 0 Å². The highest BCUT2D eigenvalue weighted by Gasteiger charge is 2.10. The summed E-state index contributed by atoms with van der Waals surface area (Å²) in [5, 5.41) is 17.0. The van der Waals surface area contributed by atoms with E-state index in [1.807, 2.05) is 42.6 Å². The summed E-state index contributed by atoms with van der Waals surface area (Å²) in [5.41, 5.74) is 3.88. The standard InChI is InChI=1S/C17H14N6OS/c1-12-2-4-15(5-3-12)23-10-14(19-22-23)11-25-17-21-20-16(24-17)13-6-8-18-9-7-13/h2-10H,11H2,1H3. The average Bonchev–Trinajstić information content (AvgIpc) is 3.31. The summed E-state index contributed by atoms with van der Waals surface area (Å²) in [6.45, 7) is 2.05. The summed E-state index contributed by atoms with van der Waals surface area (Å²) in [6.07, 6.45) is 5.28. The molecule has 25 heavy (non-hydrogen) atoms. The van der Waals surface area contributed by atoms with Crippen LogP contribution in [-0.2, 0) is 5.75 Å². The molecule has 0 unspecified atom stereocenters. The van der Waals surface area contributed by atoms with Crippen LogP contribution in [0.5, 0.6) is 0 Å². The number of thioether (sulfide) groups is 1. The van der Waals surface area contributed by atoms with Crippen LogP contribution in [0.1, 0.15) is 11.3 Å². The lowest BCUT2D eigenvalue weighted by Crippen LogP contribution is -1.94. The van der Waals surface area contributed by atoms with Gasteiger partial charge in [0.15, 0.2) is 0 Å². The Morgan fingerprint density at radius 3 is 2.60 bits per heavy atom. The summed E-state index contributed by atoms with van der Waals surface area (Å²) in [7, 11) is 0. The third kappa shape index (κ3) is 3.58. The highest BCUT2D eigenvalue weighted by Crippen LogP contribution is 2.24. The molecule has 8 heteroatoms. The van der Waals surface area contributed by atoms with Gasteiger partial charge in [-0.05, 0) is 31.2 Å². The van der Waals surface area contributed by atoms with Crippen LogP contribution in [0.4, 0.5) is 0 Å². The quantitative estimate of drug-likeness (QED) is 0.511. The second-order valence-corrected chi connectivity index (χ2v) is 6.31. The normalized spacial score (nSPS) is 10.9. The molecule has 0 atom stereocenters. The van der Waals surface area contributed by atoms with E-state index in [1.165, 1.54) is 17.3 Å². The van der Waals surface area contributed by atoms with Crippen molar-refractivity contribution in [1.82, 2.24) is 30.2 Å². The van der Waals surface area contributed by atoms with Crippen molar-refractivity contribution in [2.45, 2.75) is 17.9 Å². The van der Waals surface area contributed by atoms with Crippen LogP contribution in [0.3, 0.4) is 0 Å². The summed E-state index contributed by atoms with van der Waals surface area (Å²) in [6, 6.07) is 11.8. The van der Waals surface area contributed by atoms with Gasteiger partial charge in [0.2, 0.25) is 5.89 Å². The van der Waals surface area contributed by atoms with E-state index in [0.717, 1.165) is 16.9 Å². The highest BCUT2D eigenvalue weighted by atomic mass is 32.2. The minimum atomic E-state index is 0.480. The first-order valence-electron chi connectivity index (χ1n) is 7.63. The van der Waals surface area contributed by atoms with Crippen molar-refractivity contribution in [2.24, 2.45) is 0 Å². The van der Waals surface area contributed by atoms with Crippen molar-refractivity contribution < 1.29 is 4.42 Å². The van der Waals surface area contributed by atoms with Crippen molar-refractivity contribution in [2.75, 3.05) is 0 Å². The molecule has 0 fully saturated rings. The van der Waals surface area contributed by atoms with Gasteiger partial charge in [-0.15, -0.1) is 15.3 Å². The fourth-order valence-electron chi connectivity index (χ4n) is 2.20. The Bertz CT molecular complexity index is 964. The summed E-state index contributed by atoms with van der Waals surface area (Å²) in [5.74, 6) is 1.08. The lowest BCUT2D eigenvalue weighted by atomic mass is 10.2. The number of aromatic nitrogens is 6. The lowest BCUT2D eigenvalue weighted by Gasteiger charge is -1.99. The molecule has 0 aliphatic rings. The van der Waals surface area contributed by atoms with E-state index in [1.54, 1.807) is 17.1 Å². The molecule has 0 amide bonds. The second-order valence-electron chi connectivity index (χ2n) is 5.39. The molecule has 0 spiro atoms. The maximum atomic E-state index is 5.65. The molecule has 0 aliphatic heterocycles. The summed E-state index contributed by atoms with van der Waals surface area (Å²) >= 11 is 1.43. The Kier molecular flexibility index (Phi) is 4.26. The minimum absolute atomic E-state index is 0.480. The minimum Gasteiger partial charge on any atom is -0.411 e. The Balaban J connectivity index is 1.42. The number of nitrogens with zero attached hydrogens (tertiary/aromatic N) is 6. The van der Waals surface area contributed by atoms with E-state index >= 15 is 0 Å². The van der Waals surface area contributed by atoms with E-state index < -0.39 is 0 Å². The number of hydrogen-bond donors (Lipinski definition) is 0. The summed E-state index contributed by atoms with van der Waals surface area (Å²) in [4.78, 5) is 3.97. The van der Waals surface area contributed by atoms with Gasteiger partial charge in [-0.3, -0.25) is 4.98 Å². The van der Waals surface area contributed by atoms with E-state index in [0.29, 0.717) is 16.9 Å². The zero-order valence-corrected chi connectivity index (χ0v) is 14.2. The molecule has 0 N–H and O–H groups in total. The molecule has 0 aliphatic carbocycles. The predicted octanol–water partition coefficient (Wildman–Crippen LogP) is 3.31. The average molecular weight is 350 g/mol. The van der Waals surface area contributed by atoms with Gasteiger partial charge in [-0.2, -0.15) is 0 Å². The second kappa shape index (κ2) is 6.86. The van der Waals surface area contributed by atoms with Gasteiger partial charge in [-0.25, -0.2) is 4.68 Å². The predicted molar refractivity (Wildman–Crippen MR) is 93.2 cm³/mol. The third-order valence-electron chi connectivity index (χ3n) is 3.52. The molecule has 7 nitrogen and oxygen atoms in total. The van der Waals surface area contributed by atoms with Crippen LogP contribution in [-0.4, -0.2) is 30.2 Å². The molecule has 1 aromatic carbocycles. The molecule has 4 aromatic rings. The fraction of sp³-hybridized carbons (Fsp3) is 0.118. The van der Waals surface area contributed by atoms with Gasteiger partial charge in [0.1, 0.15) is 0 Å². The first kappa shape index (κ1) is 15.5. The maximum absolute atomic E-state index is 5.65. The number of hydrogen-bond acceptors (Lipinski definition) is 7. The number of rotatable bonds is 5. The van der Waals surface area contributed by atoms with E-state index in [2.05, 4.69) is 32.4 Å². The molecule has 0 saturated heterocycles. The molecule has 3 heterocycles. The number of benzene rings is 1. The molecule has 0 saturated carbocycles. The van der Waals surface area contributed by atoms with Crippen LogP contribution in [0.15, 0.2) is 64.6 Å². The molecule has 4 rings (SSSR count). The van der Waals surface area contributed by atoms with Gasteiger partial charge in [-0.1, -0.05) is 34.7 Å². The smallest absolute Gasteiger partial charge is 0.277 e. The van der Waals surface area contributed by atoms with Crippen molar-refractivity contribution in [3.8, 4) is 17.1 Å². The zero-order chi connectivity index (χ0) is 17.1. The largest absolute Gasteiger partial charge is 0.411 e. The molecular formula is C17H14N6OS. The summed E-state index contributed by atoms with van der Waals surface area (Å²) < 4.78 is 7.41. The van der Waals surface area contributed by atoms with Crippen molar-refractivity contribution in [1.29, 1.82) is 0 Å². The van der Waals surface area contributed by atoms with E-state index in [9.17, 15) is 0 Å². The van der Waals surface area contributed by atoms with E-state index in [-0.39, 0.29) is 0 Å². The molecule has 0 bridgehead atoms. The molecule has 3 aromatic heterocycles. The van der Waals surface area contributed by atoms with Crippen LogP contribution >= 0.6 is 11.8 Å². The highest BCUT2D eigenvalue weighted by molar-refractivity contribution is 7.98. The first-order chi connectivity index (χ1) is 12.3. The topological polar surface area (TPSA) is 82.5 Å². The van der Waals surface area contributed by atoms with Crippen LogP contribution < -0.4 is 0 Å². The van der Waals surface area contributed by atoms with Gasteiger partial charge in [0, 0.05) is 23.7 Å². The van der Waals surface area contributed by atoms with Crippen LogP contribution in [0.25, 0.3) is 17.1 Å². The van der Waals surface area contributed by atoms with Crippen LogP contribution in [0.2, 0.25) is 0 Å². The van der Waals surface area contributed by atoms with Crippen molar-refractivity contribution >= 4 is 11.8 Å². The molecular weight excluding hydrogens is 336 g/mol. The van der Waals surface area contributed by atoms with E-state index in [4.69, 9.17) is 4.42 Å². The Morgan fingerprint density at radius 1 is 1.00 bits per heavy atom. The molecule has 124 valence electrons. The Hall–Kier alpha value is -3.00. The molecule has 0 radical (unpaired) electrons. The Morgan fingerprint density at radius 2 is 1.80 bits per heavy atom. The van der Waals surface area contributed by atoms with Crippen molar-refractivity contribution in [3.05, 3.63) is 66.2 Å². The van der Waals surface area contributed by atoms with Gasteiger partial charge < -0.3 is 4.42 Å². The van der Waals surface area contributed by atoms with Gasteiger partial charge in [0.05, 0.1) is 17.6 Å². The zero-order valence-electron chi connectivity index (χ0n) is 13.4. The van der Waals surface area contributed by atoms with Crippen LogP contribution in [0, 0.1) is 6.92 Å². The monoisotopic (exact) mass is 350 g/mol. The third-order valence-corrected chi connectivity index (χ3v) is 4.37. The SMILES string of the molecule is Cc1ccc(-n2cc(CSc3nnc(-c4ccncc4)o3)nn2)cc1. The van der Waals surface area contributed by atoms with Crippen molar-refractivity contribution in [3.63, 3.8) is 0 Å². The fourth-order valence-corrected chi connectivity index (χ4v) is 2.84. The Labute approximate surface area is 148 Å². The lowest BCUT2D eigenvalue weighted by molar-refractivity contribution is 0.465. The first-order valence-corrected chi connectivity index (χ1v) is 8.61. The number of pyridine rings is 1. The van der Waals surface area contributed by atoms with Gasteiger partial charge in [0.25, 0.3) is 5.22 Å². The number of aryl methyl sites for hydroxylation is 1.